The quantitative estimate of drug-likeness (QED) is 0.917. The molecule has 1 saturated heterocycles. The molecule has 1 fully saturated rings. The Morgan fingerprint density at radius 1 is 1.38 bits per heavy atom. The zero-order valence-corrected chi connectivity index (χ0v) is 12.9. The van der Waals surface area contributed by atoms with Gasteiger partial charge >= 0.3 is 0 Å². The second-order valence-electron chi connectivity index (χ2n) is 5.47. The topological polar surface area (TPSA) is 73.2 Å². The average Bonchev–Trinajstić information content (AvgIpc) is 2.48. The Kier molecular flexibility index (Phi) is 4.33. The van der Waals surface area contributed by atoms with E-state index in [0.29, 0.717) is 25.9 Å². The van der Waals surface area contributed by atoms with E-state index in [4.69, 9.17) is 5.26 Å². The van der Waals surface area contributed by atoms with Gasteiger partial charge < -0.3 is 5.32 Å². The highest BCUT2D eigenvalue weighted by Gasteiger charge is 2.34. The van der Waals surface area contributed by atoms with Crippen LogP contribution in [0, 0.1) is 17.1 Å². The van der Waals surface area contributed by atoms with Crippen molar-refractivity contribution in [1.82, 2.24) is 9.62 Å². The molecule has 1 N–H and O–H groups in total. The normalized spacial score (nSPS) is 19.1. The molecule has 7 heteroatoms. The highest BCUT2D eigenvalue weighted by Crippen LogP contribution is 2.26. The van der Waals surface area contributed by atoms with E-state index in [2.05, 4.69) is 12.2 Å². The summed E-state index contributed by atoms with van der Waals surface area (Å²) in [5, 5.41) is 12.0. The minimum absolute atomic E-state index is 0.0338. The molecular formula is C14H18FN3O2S. The zero-order valence-electron chi connectivity index (χ0n) is 12.1. The Balaban J connectivity index is 2.26. The van der Waals surface area contributed by atoms with Crippen molar-refractivity contribution in [2.24, 2.45) is 0 Å². The molecule has 0 unspecified atom stereocenters. The molecule has 1 aliphatic rings. The monoisotopic (exact) mass is 311 g/mol. The lowest BCUT2D eigenvalue weighted by Crippen LogP contribution is -2.51. The van der Waals surface area contributed by atoms with Crippen molar-refractivity contribution in [3.63, 3.8) is 0 Å². The Morgan fingerprint density at radius 2 is 2.00 bits per heavy atom. The first-order valence-corrected chi connectivity index (χ1v) is 8.15. The molecule has 0 radical (unpaired) electrons. The van der Waals surface area contributed by atoms with Gasteiger partial charge in [0.05, 0.1) is 10.5 Å². The van der Waals surface area contributed by atoms with Gasteiger partial charge in [0.15, 0.2) is 0 Å². The van der Waals surface area contributed by atoms with Crippen molar-refractivity contribution in [1.29, 1.82) is 5.26 Å². The van der Waals surface area contributed by atoms with Crippen LogP contribution < -0.4 is 5.32 Å². The summed E-state index contributed by atoms with van der Waals surface area (Å²) < 4.78 is 39.8. The van der Waals surface area contributed by atoms with Crippen LogP contribution in [0.3, 0.4) is 0 Å². The first-order chi connectivity index (χ1) is 9.82. The Labute approximate surface area is 124 Å². The van der Waals surface area contributed by atoms with Crippen LogP contribution in [0.4, 0.5) is 4.39 Å². The number of rotatable bonds is 3. The zero-order chi connectivity index (χ0) is 15.7. The number of hydrogen-bond acceptors (Lipinski definition) is 4. The minimum Gasteiger partial charge on any atom is -0.314 e. The summed E-state index contributed by atoms with van der Waals surface area (Å²) >= 11 is 0. The molecular weight excluding hydrogens is 293 g/mol. The van der Waals surface area contributed by atoms with Crippen LogP contribution in [0.2, 0.25) is 0 Å². The number of nitrogens with one attached hydrogen (secondary N) is 1. The van der Waals surface area contributed by atoms with Gasteiger partial charge in [-0.05, 0) is 45.0 Å². The maximum absolute atomic E-state index is 13.3. The van der Waals surface area contributed by atoms with Crippen LogP contribution in [0.1, 0.15) is 25.3 Å². The first-order valence-electron chi connectivity index (χ1n) is 6.71. The summed E-state index contributed by atoms with van der Waals surface area (Å²) in [5.41, 5.74) is -0.319. The summed E-state index contributed by atoms with van der Waals surface area (Å²) in [6, 6.07) is 4.99. The molecule has 2 rings (SSSR count). The molecule has 0 saturated carbocycles. The third-order valence-electron chi connectivity index (χ3n) is 4.13. The molecule has 1 aromatic carbocycles. The number of hydrogen-bond donors (Lipinski definition) is 1. The highest BCUT2D eigenvalue weighted by atomic mass is 32.2. The molecule has 0 amide bonds. The number of piperidine rings is 1. The Hall–Kier alpha value is -1.49. The minimum atomic E-state index is -3.68. The van der Waals surface area contributed by atoms with E-state index in [0.717, 1.165) is 12.1 Å². The van der Waals surface area contributed by atoms with Gasteiger partial charge in [0, 0.05) is 18.6 Å². The molecule has 1 aromatic rings. The second-order valence-corrected chi connectivity index (χ2v) is 7.41. The van der Waals surface area contributed by atoms with Gasteiger partial charge in [-0.2, -0.15) is 9.57 Å². The predicted octanol–water partition coefficient (Wildman–Crippen LogP) is 1.46. The number of halogens is 1. The van der Waals surface area contributed by atoms with Crippen LogP contribution in [0.15, 0.2) is 23.1 Å². The van der Waals surface area contributed by atoms with E-state index < -0.39 is 15.8 Å². The smallest absolute Gasteiger partial charge is 0.243 e. The molecule has 0 aromatic heterocycles. The van der Waals surface area contributed by atoms with Gasteiger partial charge in [0.1, 0.15) is 11.9 Å². The van der Waals surface area contributed by atoms with Gasteiger partial charge in [0.25, 0.3) is 0 Å². The molecule has 21 heavy (non-hydrogen) atoms. The highest BCUT2D eigenvalue weighted by molar-refractivity contribution is 7.89. The standard InChI is InChI=1S/C14H18FN3O2S/c1-14(17-2)5-7-18(8-6-14)21(19,20)12-3-4-13(15)11(9-12)10-16/h3-4,9,17H,5-8H2,1-2H3. The van der Waals surface area contributed by atoms with Crippen LogP contribution in [-0.4, -0.2) is 38.4 Å². The van der Waals surface area contributed by atoms with Crippen molar-refractivity contribution in [3.8, 4) is 6.07 Å². The van der Waals surface area contributed by atoms with Crippen LogP contribution >= 0.6 is 0 Å². The van der Waals surface area contributed by atoms with E-state index in [1.165, 1.54) is 10.4 Å². The first kappa shape index (κ1) is 15.9. The number of benzene rings is 1. The van der Waals surface area contributed by atoms with Crippen LogP contribution in [0.25, 0.3) is 0 Å². The molecule has 1 aliphatic heterocycles. The van der Waals surface area contributed by atoms with Crippen molar-refractivity contribution >= 4 is 10.0 Å². The largest absolute Gasteiger partial charge is 0.314 e. The predicted molar refractivity (Wildman–Crippen MR) is 76.6 cm³/mol. The lowest BCUT2D eigenvalue weighted by atomic mass is 9.91. The van der Waals surface area contributed by atoms with E-state index in [-0.39, 0.29) is 16.0 Å². The number of nitriles is 1. The average molecular weight is 311 g/mol. The molecule has 0 aliphatic carbocycles. The summed E-state index contributed by atoms with van der Waals surface area (Å²) in [5.74, 6) is -0.710. The molecule has 0 atom stereocenters. The van der Waals surface area contributed by atoms with E-state index in [9.17, 15) is 12.8 Å². The summed E-state index contributed by atoms with van der Waals surface area (Å²) in [4.78, 5) is -0.0338. The summed E-state index contributed by atoms with van der Waals surface area (Å²) in [7, 11) is -1.82. The van der Waals surface area contributed by atoms with Gasteiger partial charge in [-0.3, -0.25) is 0 Å². The fourth-order valence-electron chi connectivity index (χ4n) is 2.37. The van der Waals surface area contributed by atoms with Crippen LogP contribution in [-0.2, 0) is 10.0 Å². The third-order valence-corrected chi connectivity index (χ3v) is 6.02. The van der Waals surface area contributed by atoms with Crippen molar-refractivity contribution in [2.45, 2.75) is 30.2 Å². The second kappa shape index (κ2) is 5.72. The van der Waals surface area contributed by atoms with E-state index in [1.807, 2.05) is 7.05 Å². The summed E-state index contributed by atoms with van der Waals surface area (Å²) in [6.07, 6.45) is 1.41. The molecule has 0 bridgehead atoms. The van der Waals surface area contributed by atoms with Gasteiger partial charge in [-0.25, -0.2) is 12.8 Å². The fourth-order valence-corrected chi connectivity index (χ4v) is 3.84. The van der Waals surface area contributed by atoms with Crippen LogP contribution in [0.5, 0.6) is 0 Å². The van der Waals surface area contributed by atoms with Crippen molar-refractivity contribution < 1.29 is 12.8 Å². The molecule has 114 valence electrons. The maximum Gasteiger partial charge on any atom is 0.243 e. The Bertz CT molecular complexity index is 674. The molecule has 1 heterocycles. The number of sulfonamides is 1. The lowest BCUT2D eigenvalue weighted by Gasteiger charge is -2.38. The van der Waals surface area contributed by atoms with E-state index in [1.54, 1.807) is 6.07 Å². The maximum atomic E-state index is 13.3. The van der Waals surface area contributed by atoms with Crippen molar-refractivity contribution in [3.05, 3.63) is 29.6 Å². The molecule has 5 nitrogen and oxygen atoms in total. The molecule has 0 spiro atoms. The van der Waals surface area contributed by atoms with Gasteiger partial charge in [-0.1, -0.05) is 0 Å². The van der Waals surface area contributed by atoms with Gasteiger partial charge in [0.2, 0.25) is 10.0 Å². The van der Waals surface area contributed by atoms with Gasteiger partial charge in [-0.15, -0.1) is 0 Å². The lowest BCUT2D eigenvalue weighted by molar-refractivity contribution is 0.219. The fraction of sp³-hybridized carbons (Fsp3) is 0.500. The SMILES string of the molecule is CNC1(C)CCN(S(=O)(=O)c2ccc(F)c(C#N)c2)CC1. The third kappa shape index (κ3) is 3.07. The Morgan fingerprint density at radius 3 is 2.52 bits per heavy atom. The van der Waals surface area contributed by atoms with Crippen molar-refractivity contribution in [2.75, 3.05) is 20.1 Å². The number of nitrogens with zero attached hydrogens (tertiary/aromatic N) is 2. The summed E-state index contributed by atoms with van der Waals surface area (Å²) in [6.45, 7) is 2.86. The van der Waals surface area contributed by atoms with E-state index >= 15 is 0 Å².